The lowest BCUT2D eigenvalue weighted by Crippen LogP contribution is -2.19. The Morgan fingerprint density at radius 3 is 2.34 bits per heavy atom. The molecule has 0 bridgehead atoms. The normalized spacial score (nSPS) is 11.2. The Morgan fingerprint density at radius 1 is 0.966 bits per heavy atom. The van der Waals surface area contributed by atoms with Gasteiger partial charge in [-0.05, 0) is 24.3 Å². The number of H-pyrrole nitrogens is 1. The molecule has 4 rings (SSSR count). The average Bonchev–Trinajstić information content (AvgIpc) is 3.15. The van der Waals surface area contributed by atoms with Crippen molar-refractivity contribution < 1.29 is 9.13 Å². The summed E-state index contributed by atoms with van der Waals surface area (Å²) in [5.74, 6) is -0.707. The number of nitrogens with one attached hydrogen (secondary N) is 1. The highest BCUT2D eigenvalue weighted by Gasteiger charge is 2.20. The summed E-state index contributed by atoms with van der Waals surface area (Å²) in [6, 6.07) is 5.53. The van der Waals surface area contributed by atoms with Crippen LogP contribution in [0.2, 0.25) is 10.0 Å². The van der Waals surface area contributed by atoms with Gasteiger partial charge < -0.3 is 18.9 Å². The van der Waals surface area contributed by atoms with Crippen LogP contribution in [0, 0.1) is 5.82 Å². The van der Waals surface area contributed by atoms with Crippen LogP contribution in [-0.4, -0.2) is 14.1 Å². The topological polar surface area (TPSA) is 69.0 Å². The molecule has 0 saturated carbocycles. The van der Waals surface area contributed by atoms with Crippen LogP contribution in [0.3, 0.4) is 0 Å². The largest absolute Gasteiger partial charge is 0.448 e. The minimum atomic E-state index is -0.624. The molecular formula is C20H14Cl2FN3O3. The molecule has 3 heterocycles. The van der Waals surface area contributed by atoms with Gasteiger partial charge in [-0.15, -0.1) is 0 Å². The van der Waals surface area contributed by atoms with E-state index in [0.717, 1.165) is 12.1 Å². The van der Waals surface area contributed by atoms with Crippen LogP contribution in [0.15, 0.2) is 52.4 Å². The Hall–Kier alpha value is -3.03. The molecule has 0 aliphatic rings. The second kappa shape index (κ2) is 7.09. The number of nitrogens with zero attached hydrogens (tertiary/aromatic N) is 2. The molecule has 0 spiro atoms. The van der Waals surface area contributed by atoms with Crippen molar-refractivity contribution in [3.05, 3.63) is 79.4 Å². The summed E-state index contributed by atoms with van der Waals surface area (Å²) in [4.78, 5) is 28.2. The fourth-order valence-electron chi connectivity index (χ4n) is 3.13. The fourth-order valence-corrected chi connectivity index (χ4v) is 3.67. The number of hydrogen-bond acceptors (Lipinski definition) is 3. The van der Waals surface area contributed by atoms with E-state index in [0.29, 0.717) is 22.0 Å². The first-order valence-electron chi connectivity index (χ1n) is 8.47. The molecule has 0 fully saturated rings. The highest BCUT2D eigenvalue weighted by Crippen LogP contribution is 2.40. The van der Waals surface area contributed by atoms with Gasteiger partial charge in [0, 0.05) is 49.2 Å². The van der Waals surface area contributed by atoms with Gasteiger partial charge in [0.1, 0.15) is 11.3 Å². The van der Waals surface area contributed by atoms with E-state index in [1.165, 1.54) is 9.13 Å². The molecule has 3 aromatic heterocycles. The molecule has 0 radical (unpaired) electrons. The summed E-state index contributed by atoms with van der Waals surface area (Å²) in [5, 5.41) is 0.487. The van der Waals surface area contributed by atoms with Crippen molar-refractivity contribution in [2.45, 2.75) is 0 Å². The van der Waals surface area contributed by atoms with Crippen LogP contribution < -0.4 is 15.9 Å². The lowest BCUT2D eigenvalue weighted by molar-refractivity contribution is 0.470. The number of pyridine rings is 2. The number of aromatic nitrogens is 3. The Balaban J connectivity index is 2.00. The first-order chi connectivity index (χ1) is 13.8. The Labute approximate surface area is 173 Å². The summed E-state index contributed by atoms with van der Waals surface area (Å²) < 4.78 is 22.1. The maximum atomic E-state index is 13.5. The zero-order chi connectivity index (χ0) is 20.9. The second-order valence-electron chi connectivity index (χ2n) is 6.50. The lowest BCUT2D eigenvalue weighted by atomic mass is 10.0. The van der Waals surface area contributed by atoms with E-state index in [1.807, 2.05) is 0 Å². The SMILES string of the molecule is Cn1ccc(-c2cn(C)c(=O)c3[nH]ccc23)c(Oc2c(Cl)cc(F)cc2Cl)c1=O. The number of hydrogen-bond donors (Lipinski definition) is 1. The van der Waals surface area contributed by atoms with Crippen LogP contribution in [0.1, 0.15) is 0 Å². The van der Waals surface area contributed by atoms with Crippen molar-refractivity contribution in [3.63, 3.8) is 0 Å². The maximum Gasteiger partial charge on any atom is 0.293 e. The van der Waals surface area contributed by atoms with Crippen molar-refractivity contribution in [1.29, 1.82) is 0 Å². The van der Waals surface area contributed by atoms with Gasteiger partial charge in [0.25, 0.3) is 11.1 Å². The van der Waals surface area contributed by atoms with Crippen LogP contribution in [0.4, 0.5) is 4.39 Å². The van der Waals surface area contributed by atoms with Crippen molar-refractivity contribution in [1.82, 2.24) is 14.1 Å². The third-order valence-corrected chi connectivity index (χ3v) is 5.14. The smallest absolute Gasteiger partial charge is 0.293 e. The maximum absolute atomic E-state index is 13.5. The van der Waals surface area contributed by atoms with Crippen LogP contribution in [0.25, 0.3) is 22.0 Å². The number of rotatable bonds is 3. The van der Waals surface area contributed by atoms with Crippen molar-refractivity contribution in [2.75, 3.05) is 0 Å². The van der Waals surface area contributed by atoms with Gasteiger partial charge in [0.15, 0.2) is 5.75 Å². The predicted molar refractivity (Wildman–Crippen MR) is 111 cm³/mol. The number of aromatic amines is 1. The van der Waals surface area contributed by atoms with E-state index in [9.17, 15) is 14.0 Å². The van der Waals surface area contributed by atoms with E-state index in [2.05, 4.69) is 4.98 Å². The number of benzene rings is 1. The number of aryl methyl sites for hydroxylation is 2. The van der Waals surface area contributed by atoms with Crippen LogP contribution in [0.5, 0.6) is 11.5 Å². The molecule has 1 aromatic carbocycles. The van der Waals surface area contributed by atoms with E-state index in [1.54, 1.807) is 44.8 Å². The van der Waals surface area contributed by atoms with Crippen molar-refractivity contribution in [2.24, 2.45) is 14.1 Å². The zero-order valence-corrected chi connectivity index (χ0v) is 16.8. The molecule has 6 nitrogen and oxygen atoms in total. The summed E-state index contributed by atoms with van der Waals surface area (Å²) in [6.45, 7) is 0. The van der Waals surface area contributed by atoms with Gasteiger partial charge in [0.2, 0.25) is 5.75 Å². The van der Waals surface area contributed by atoms with E-state index < -0.39 is 11.4 Å². The number of fused-ring (bicyclic) bond motifs is 1. The quantitative estimate of drug-likeness (QED) is 0.518. The highest BCUT2D eigenvalue weighted by atomic mass is 35.5. The monoisotopic (exact) mass is 433 g/mol. The van der Waals surface area contributed by atoms with Gasteiger partial charge in [0.05, 0.1) is 10.0 Å². The highest BCUT2D eigenvalue weighted by molar-refractivity contribution is 6.37. The molecule has 29 heavy (non-hydrogen) atoms. The van der Waals surface area contributed by atoms with Gasteiger partial charge in [-0.2, -0.15) is 0 Å². The molecule has 148 valence electrons. The van der Waals surface area contributed by atoms with E-state index in [-0.39, 0.29) is 27.1 Å². The summed E-state index contributed by atoms with van der Waals surface area (Å²) >= 11 is 12.2. The number of halogens is 3. The van der Waals surface area contributed by atoms with Gasteiger partial charge >= 0.3 is 0 Å². The standard InChI is InChI=1S/C20H14Cl2FN3O3/c1-25-6-4-12(13-9-26(2)19(27)16-11(13)3-5-24-16)17(20(25)28)29-18-14(21)7-10(23)8-15(18)22/h3-9,24H,1-2H3. The third-order valence-electron chi connectivity index (χ3n) is 4.58. The minimum absolute atomic E-state index is 0.0329. The summed E-state index contributed by atoms with van der Waals surface area (Å²) in [6.07, 6.45) is 4.85. The summed E-state index contributed by atoms with van der Waals surface area (Å²) in [5.41, 5.74) is 0.783. The molecule has 0 aliphatic heterocycles. The molecule has 0 aliphatic carbocycles. The lowest BCUT2D eigenvalue weighted by Gasteiger charge is -2.15. The minimum Gasteiger partial charge on any atom is -0.448 e. The van der Waals surface area contributed by atoms with Crippen molar-refractivity contribution >= 4 is 34.1 Å². The molecular weight excluding hydrogens is 420 g/mol. The first-order valence-corrected chi connectivity index (χ1v) is 9.22. The first kappa shape index (κ1) is 19.3. The fraction of sp³-hybridized carbons (Fsp3) is 0.100. The molecule has 0 saturated heterocycles. The number of ether oxygens (including phenoxy) is 1. The van der Waals surface area contributed by atoms with Crippen LogP contribution >= 0.6 is 23.2 Å². The van der Waals surface area contributed by atoms with Crippen LogP contribution in [-0.2, 0) is 14.1 Å². The molecule has 0 unspecified atom stereocenters. The van der Waals surface area contributed by atoms with Gasteiger partial charge in [-0.3, -0.25) is 9.59 Å². The van der Waals surface area contributed by atoms with Gasteiger partial charge in [-0.1, -0.05) is 23.2 Å². The van der Waals surface area contributed by atoms with Gasteiger partial charge in [-0.25, -0.2) is 4.39 Å². The third kappa shape index (κ3) is 3.22. The van der Waals surface area contributed by atoms with Crippen molar-refractivity contribution in [3.8, 4) is 22.6 Å². The molecule has 9 heteroatoms. The average molecular weight is 434 g/mol. The molecule has 4 aromatic rings. The van der Waals surface area contributed by atoms with E-state index in [4.69, 9.17) is 27.9 Å². The molecule has 1 N–H and O–H groups in total. The Bertz CT molecular complexity index is 1370. The molecule has 0 atom stereocenters. The van der Waals surface area contributed by atoms with E-state index >= 15 is 0 Å². The Morgan fingerprint density at radius 2 is 1.66 bits per heavy atom. The second-order valence-corrected chi connectivity index (χ2v) is 7.31. The summed E-state index contributed by atoms with van der Waals surface area (Å²) in [7, 11) is 3.18. The predicted octanol–water partition coefficient (Wildman–Crippen LogP) is 4.47. The molecule has 0 amide bonds. The zero-order valence-electron chi connectivity index (χ0n) is 15.3. The Kier molecular flexibility index (Phi) is 4.72.